The van der Waals surface area contributed by atoms with Crippen LogP contribution >= 0.6 is 0 Å². The van der Waals surface area contributed by atoms with E-state index in [1.54, 1.807) is 37.3 Å². The number of ether oxygens (including phenoxy) is 1. The van der Waals surface area contributed by atoms with Gasteiger partial charge in [0, 0.05) is 0 Å². The zero-order valence-electron chi connectivity index (χ0n) is 17.3. The van der Waals surface area contributed by atoms with Gasteiger partial charge < -0.3 is 4.74 Å². The zero-order valence-corrected chi connectivity index (χ0v) is 17.3. The molecule has 3 rings (SSSR count). The molecule has 29 heavy (non-hydrogen) atoms. The van der Waals surface area contributed by atoms with E-state index in [1.807, 2.05) is 24.3 Å². The van der Waals surface area contributed by atoms with Crippen LogP contribution in [0.5, 0.6) is 5.75 Å². The van der Waals surface area contributed by atoms with Crippen LogP contribution in [0.25, 0.3) is 0 Å². The van der Waals surface area contributed by atoms with Gasteiger partial charge in [0.15, 0.2) is 6.04 Å². The third kappa shape index (κ3) is 4.77. The van der Waals surface area contributed by atoms with Crippen LogP contribution in [-0.2, 0) is 10.2 Å². The molecule has 6 heteroatoms. The Labute approximate surface area is 171 Å². The van der Waals surface area contributed by atoms with E-state index < -0.39 is 6.04 Å². The molecule has 0 spiro atoms. The van der Waals surface area contributed by atoms with Crippen molar-refractivity contribution in [2.24, 2.45) is 15.3 Å². The van der Waals surface area contributed by atoms with Crippen molar-refractivity contribution in [1.29, 1.82) is 0 Å². The van der Waals surface area contributed by atoms with E-state index in [0.29, 0.717) is 18.0 Å². The molecule has 2 aromatic carbocycles. The molecular weight excluding hydrogens is 364 g/mol. The molecule has 0 bridgehead atoms. The maximum atomic E-state index is 12.8. The van der Waals surface area contributed by atoms with E-state index in [4.69, 9.17) is 4.74 Å². The molecule has 0 saturated heterocycles. The topological polar surface area (TPSA) is 66.6 Å². The van der Waals surface area contributed by atoms with Gasteiger partial charge in [0.25, 0.3) is 5.91 Å². The van der Waals surface area contributed by atoms with Crippen molar-refractivity contribution in [3.05, 3.63) is 66.7 Å². The summed E-state index contributed by atoms with van der Waals surface area (Å²) in [5.41, 5.74) is 3.23. The van der Waals surface area contributed by atoms with Gasteiger partial charge in [0.1, 0.15) is 12.4 Å². The van der Waals surface area contributed by atoms with E-state index in [0.717, 1.165) is 11.4 Å². The number of rotatable bonds is 6. The molecule has 0 aromatic heterocycles. The van der Waals surface area contributed by atoms with Gasteiger partial charge in [0.05, 0.1) is 17.1 Å². The van der Waals surface area contributed by atoms with Crippen molar-refractivity contribution in [1.82, 2.24) is 0 Å². The minimum atomic E-state index is -0.714. The van der Waals surface area contributed by atoms with Gasteiger partial charge in [-0.3, -0.25) is 4.79 Å². The molecule has 1 aliphatic heterocycles. The minimum Gasteiger partial charge on any atom is -0.490 e. The molecule has 0 N–H and O–H groups in total. The monoisotopic (exact) mass is 390 g/mol. The molecule has 0 saturated carbocycles. The Bertz CT molecular complexity index is 938. The zero-order chi connectivity index (χ0) is 21.0. The number of azo groups is 1. The second kappa shape index (κ2) is 8.39. The Morgan fingerprint density at radius 3 is 2.38 bits per heavy atom. The summed E-state index contributed by atoms with van der Waals surface area (Å²) in [6, 6.07) is 14.4. The number of carbonyl (C=O) groups excluding carboxylic acids is 1. The van der Waals surface area contributed by atoms with Gasteiger partial charge in [-0.2, -0.15) is 20.3 Å². The molecule has 6 nitrogen and oxygen atoms in total. The molecule has 0 aliphatic carbocycles. The van der Waals surface area contributed by atoms with Crippen LogP contribution in [0.4, 0.5) is 11.4 Å². The number of hydrogen-bond donors (Lipinski definition) is 0. The Kier molecular flexibility index (Phi) is 5.92. The predicted octanol–water partition coefficient (Wildman–Crippen LogP) is 5.42. The number of hydrazone groups is 1. The van der Waals surface area contributed by atoms with E-state index in [9.17, 15) is 4.79 Å². The maximum Gasteiger partial charge on any atom is 0.280 e. The molecule has 1 unspecified atom stereocenters. The van der Waals surface area contributed by atoms with Gasteiger partial charge in [-0.15, -0.1) is 0 Å². The molecule has 1 atom stereocenters. The number of anilines is 1. The Hall–Kier alpha value is -3.28. The number of hydrogen-bond acceptors (Lipinski definition) is 5. The number of amides is 1. The highest BCUT2D eigenvalue weighted by molar-refractivity contribution is 6.18. The quantitative estimate of drug-likeness (QED) is 0.488. The molecule has 0 radical (unpaired) electrons. The van der Waals surface area contributed by atoms with Gasteiger partial charge >= 0.3 is 0 Å². The first-order valence-electron chi connectivity index (χ1n) is 9.54. The van der Waals surface area contributed by atoms with Gasteiger partial charge in [-0.05, 0) is 54.3 Å². The standard InChI is InChI=1S/C23H26N4O2/c1-6-15-29-20-13-9-18(10-14-20)24-25-21-16(2)26-27(22(21)28)19-11-7-17(8-12-19)23(3,4)5/h6-14,21H,1,15H2,2-5H3. The lowest BCUT2D eigenvalue weighted by atomic mass is 9.87. The summed E-state index contributed by atoms with van der Waals surface area (Å²) in [4.78, 5) is 12.8. The lowest BCUT2D eigenvalue weighted by Crippen LogP contribution is -2.29. The van der Waals surface area contributed by atoms with Crippen LogP contribution in [-0.4, -0.2) is 24.3 Å². The number of nitrogens with zero attached hydrogens (tertiary/aromatic N) is 4. The first-order valence-corrected chi connectivity index (χ1v) is 9.54. The molecule has 150 valence electrons. The van der Waals surface area contributed by atoms with Crippen LogP contribution in [0.1, 0.15) is 33.3 Å². The maximum absolute atomic E-state index is 12.8. The summed E-state index contributed by atoms with van der Waals surface area (Å²) in [6.45, 7) is 12.3. The fourth-order valence-electron chi connectivity index (χ4n) is 2.87. The summed E-state index contributed by atoms with van der Waals surface area (Å²) in [5.74, 6) is 0.518. The molecule has 2 aromatic rings. The highest BCUT2D eigenvalue weighted by Gasteiger charge is 2.34. The summed E-state index contributed by atoms with van der Waals surface area (Å²) >= 11 is 0. The highest BCUT2D eigenvalue weighted by Crippen LogP contribution is 2.28. The molecule has 1 amide bonds. The average molecular weight is 390 g/mol. The van der Waals surface area contributed by atoms with E-state index in [1.165, 1.54) is 10.6 Å². The molecule has 1 heterocycles. The lowest BCUT2D eigenvalue weighted by Gasteiger charge is -2.20. The smallest absolute Gasteiger partial charge is 0.280 e. The van der Waals surface area contributed by atoms with E-state index in [-0.39, 0.29) is 11.3 Å². The number of carbonyl (C=O) groups is 1. The van der Waals surface area contributed by atoms with Crippen LogP contribution in [0, 0.1) is 0 Å². The summed E-state index contributed by atoms with van der Waals surface area (Å²) in [7, 11) is 0. The van der Waals surface area contributed by atoms with Crippen LogP contribution in [0.15, 0.2) is 76.5 Å². The second-order valence-corrected chi connectivity index (χ2v) is 7.90. The third-order valence-electron chi connectivity index (χ3n) is 4.57. The van der Waals surface area contributed by atoms with Crippen LogP contribution < -0.4 is 9.75 Å². The predicted molar refractivity (Wildman–Crippen MR) is 116 cm³/mol. The largest absolute Gasteiger partial charge is 0.490 e. The van der Waals surface area contributed by atoms with Crippen LogP contribution in [0.2, 0.25) is 0 Å². The van der Waals surface area contributed by atoms with Crippen molar-refractivity contribution in [2.75, 3.05) is 11.6 Å². The third-order valence-corrected chi connectivity index (χ3v) is 4.57. The number of benzene rings is 2. The SMILES string of the molecule is C=CCOc1ccc(N=NC2C(=O)N(c3ccc(C(C)(C)C)cc3)N=C2C)cc1. The average Bonchev–Trinajstić information content (AvgIpc) is 2.98. The summed E-state index contributed by atoms with van der Waals surface area (Å²) < 4.78 is 5.44. The van der Waals surface area contributed by atoms with Crippen molar-refractivity contribution in [2.45, 2.75) is 39.2 Å². The normalized spacial score (nSPS) is 17.0. The fraction of sp³-hybridized carbons (Fsp3) is 0.304. The van der Waals surface area contributed by atoms with Crippen molar-refractivity contribution >= 4 is 23.0 Å². The van der Waals surface area contributed by atoms with E-state index >= 15 is 0 Å². The van der Waals surface area contributed by atoms with Crippen molar-refractivity contribution in [3.8, 4) is 5.75 Å². The minimum absolute atomic E-state index is 0.0513. The fourth-order valence-corrected chi connectivity index (χ4v) is 2.87. The second-order valence-electron chi connectivity index (χ2n) is 7.90. The van der Waals surface area contributed by atoms with Gasteiger partial charge in [-0.25, -0.2) is 0 Å². The molecule has 0 fully saturated rings. The molecule has 1 aliphatic rings. The Balaban J connectivity index is 1.71. The van der Waals surface area contributed by atoms with Crippen LogP contribution in [0.3, 0.4) is 0 Å². The summed E-state index contributed by atoms with van der Waals surface area (Å²) in [5, 5.41) is 14.2. The highest BCUT2D eigenvalue weighted by atomic mass is 16.5. The Morgan fingerprint density at radius 2 is 1.79 bits per heavy atom. The summed E-state index contributed by atoms with van der Waals surface area (Å²) in [6.07, 6.45) is 1.68. The Morgan fingerprint density at radius 1 is 1.14 bits per heavy atom. The molecular formula is C23H26N4O2. The first kappa shape index (κ1) is 20.5. The van der Waals surface area contributed by atoms with Crippen molar-refractivity contribution < 1.29 is 9.53 Å². The lowest BCUT2D eigenvalue weighted by molar-refractivity contribution is -0.117. The first-order chi connectivity index (χ1) is 13.8. The van der Waals surface area contributed by atoms with E-state index in [2.05, 4.69) is 42.7 Å². The van der Waals surface area contributed by atoms with Gasteiger partial charge in [-0.1, -0.05) is 45.6 Å². The van der Waals surface area contributed by atoms with Gasteiger partial charge in [0.2, 0.25) is 0 Å². The van der Waals surface area contributed by atoms with Crippen molar-refractivity contribution in [3.63, 3.8) is 0 Å².